The fourth-order valence-corrected chi connectivity index (χ4v) is 2.44. The Morgan fingerprint density at radius 3 is 2.86 bits per heavy atom. The van der Waals surface area contributed by atoms with Gasteiger partial charge in [0.25, 0.3) is 0 Å². The van der Waals surface area contributed by atoms with Gasteiger partial charge in [-0.3, -0.25) is 4.90 Å². The number of fused-ring (bicyclic) bond motifs is 1. The van der Waals surface area contributed by atoms with Crippen molar-refractivity contribution in [1.29, 1.82) is 0 Å². The van der Waals surface area contributed by atoms with Crippen molar-refractivity contribution in [3.05, 3.63) is 32.9 Å². The first kappa shape index (κ1) is 10.4. The van der Waals surface area contributed by atoms with Crippen LogP contribution >= 0.6 is 22.6 Å². The third-order valence-electron chi connectivity index (χ3n) is 2.59. The Kier molecular flexibility index (Phi) is 3.41. The number of halogens is 1. The van der Waals surface area contributed by atoms with Crippen LogP contribution in [0.3, 0.4) is 0 Å². The number of hydrogen-bond acceptors (Lipinski definition) is 2. The van der Waals surface area contributed by atoms with E-state index in [1.165, 1.54) is 14.7 Å². The van der Waals surface area contributed by atoms with Crippen LogP contribution in [0.2, 0.25) is 0 Å². The highest BCUT2D eigenvalue weighted by Crippen LogP contribution is 2.24. The molecule has 1 aromatic rings. The van der Waals surface area contributed by atoms with Gasteiger partial charge in [-0.2, -0.15) is 0 Å². The van der Waals surface area contributed by atoms with Crippen LogP contribution in [-0.4, -0.2) is 23.2 Å². The lowest BCUT2D eigenvalue weighted by Crippen LogP contribution is -2.18. The van der Waals surface area contributed by atoms with Crippen LogP contribution in [0.15, 0.2) is 18.2 Å². The maximum Gasteiger partial charge on any atom is 0.0443 e. The Morgan fingerprint density at radius 2 is 2.07 bits per heavy atom. The molecule has 1 aliphatic heterocycles. The minimum atomic E-state index is 0.296. The SMILES string of the molecule is OCCCN1Cc2ccc(I)cc2C1. The van der Waals surface area contributed by atoms with E-state index in [0.29, 0.717) is 6.61 Å². The van der Waals surface area contributed by atoms with Gasteiger partial charge in [0.1, 0.15) is 0 Å². The third kappa shape index (κ3) is 2.27. The van der Waals surface area contributed by atoms with Crippen molar-refractivity contribution in [2.24, 2.45) is 0 Å². The molecule has 0 aromatic heterocycles. The van der Waals surface area contributed by atoms with Crippen LogP contribution in [-0.2, 0) is 13.1 Å². The highest BCUT2D eigenvalue weighted by Gasteiger charge is 2.17. The molecule has 0 bridgehead atoms. The van der Waals surface area contributed by atoms with Gasteiger partial charge >= 0.3 is 0 Å². The molecule has 0 fully saturated rings. The predicted molar refractivity (Wildman–Crippen MR) is 65.0 cm³/mol. The molecule has 2 nitrogen and oxygen atoms in total. The molecule has 1 aliphatic rings. The second-order valence-electron chi connectivity index (χ2n) is 3.70. The van der Waals surface area contributed by atoms with Crippen molar-refractivity contribution in [3.8, 4) is 0 Å². The molecule has 1 heterocycles. The maximum absolute atomic E-state index is 8.76. The third-order valence-corrected chi connectivity index (χ3v) is 3.26. The maximum atomic E-state index is 8.76. The molecule has 0 radical (unpaired) electrons. The number of rotatable bonds is 3. The van der Waals surface area contributed by atoms with Gasteiger partial charge in [0.05, 0.1) is 0 Å². The van der Waals surface area contributed by atoms with E-state index in [1.807, 2.05) is 0 Å². The Morgan fingerprint density at radius 1 is 1.29 bits per heavy atom. The largest absolute Gasteiger partial charge is 0.396 e. The van der Waals surface area contributed by atoms with E-state index in [0.717, 1.165) is 26.1 Å². The summed E-state index contributed by atoms with van der Waals surface area (Å²) in [4.78, 5) is 2.39. The van der Waals surface area contributed by atoms with Gasteiger partial charge < -0.3 is 5.11 Å². The van der Waals surface area contributed by atoms with Crippen LogP contribution < -0.4 is 0 Å². The summed E-state index contributed by atoms with van der Waals surface area (Å²) in [6, 6.07) is 6.64. The standard InChI is InChI=1S/C11H14INO/c12-11-3-2-9-7-13(4-1-5-14)8-10(9)6-11/h2-3,6,14H,1,4-5,7-8H2. The highest BCUT2D eigenvalue weighted by molar-refractivity contribution is 14.1. The highest BCUT2D eigenvalue weighted by atomic mass is 127. The van der Waals surface area contributed by atoms with Crippen LogP contribution in [0.4, 0.5) is 0 Å². The molecule has 1 aromatic carbocycles. The first-order chi connectivity index (χ1) is 6.79. The zero-order valence-corrected chi connectivity index (χ0v) is 10.2. The number of aliphatic hydroxyl groups excluding tert-OH is 1. The Balaban J connectivity index is 2.03. The molecule has 1 N–H and O–H groups in total. The lowest BCUT2D eigenvalue weighted by Gasteiger charge is -2.12. The predicted octanol–water partition coefficient (Wildman–Crippen LogP) is 1.99. The molecule has 0 spiro atoms. The molecule has 0 unspecified atom stereocenters. The molecule has 2 rings (SSSR count). The second-order valence-corrected chi connectivity index (χ2v) is 4.95. The molecule has 14 heavy (non-hydrogen) atoms. The number of hydrogen-bond donors (Lipinski definition) is 1. The average molecular weight is 303 g/mol. The van der Waals surface area contributed by atoms with Crippen LogP contribution in [0.25, 0.3) is 0 Å². The minimum absolute atomic E-state index is 0.296. The smallest absolute Gasteiger partial charge is 0.0443 e. The van der Waals surface area contributed by atoms with Gasteiger partial charge in [-0.1, -0.05) is 6.07 Å². The molecule has 76 valence electrons. The van der Waals surface area contributed by atoms with E-state index in [9.17, 15) is 0 Å². The lowest BCUT2D eigenvalue weighted by molar-refractivity contribution is 0.226. The summed E-state index contributed by atoms with van der Waals surface area (Å²) < 4.78 is 1.31. The summed E-state index contributed by atoms with van der Waals surface area (Å²) in [5.74, 6) is 0. The summed E-state index contributed by atoms with van der Waals surface area (Å²) in [7, 11) is 0. The molecule has 0 saturated carbocycles. The van der Waals surface area contributed by atoms with Crippen molar-refractivity contribution in [1.82, 2.24) is 4.90 Å². The van der Waals surface area contributed by atoms with Crippen molar-refractivity contribution in [2.45, 2.75) is 19.5 Å². The van der Waals surface area contributed by atoms with Gasteiger partial charge in [0.15, 0.2) is 0 Å². The van der Waals surface area contributed by atoms with E-state index >= 15 is 0 Å². The Bertz CT molecular complexity index is 327. The lowest BCUT2D eigenvalue weighted by atomic mass is 10.1. The van der Waals surface area contributed by atoms with E-state index in [4.69, 9.17) is 5.11 Å². The van der Waals surface area contributed by atoms with E-state index < -0.39 is 0 Å². The Hall–Kier alpha value is -0.130. The van der Waals surface area contributed by atoms with Crippen molar-refractivity contribution in [2.75, 3.05) is 13.2 Å². The average Bonchev–Trinajstić information content (AvgIpc) is 2.56. The summed E-state index contributed by atoms with van der Waals surface area (Å²) in [5, 5.41) is 8.76. The quantitative estimate of drug-likeness (QED) is 0.863. The Labute approximate surface area is 98.1 Å². The zero-order valence-electron chi connectivity index (χ0n) is 8.04. The monoisotopic (exact) mass is 303 g/mol. The van der Waals surface area contributed by atoms with Crippen molar-refractivity contribution in [3.63, 3.8) is 0 Å². The van der Waals surface area contributed by atoms with Gasteiger partial charge in [-0.15, -0.1) is 0 Å². The van der Waals surface area contributed by atoms with Crippen LogP contribution in [0, 0.1) is 3.57 Å². The summed E-state index contributed by atoms with van der Waals surface area (Å²) in [6.45, 7) is 3.39. The molecule has 0 saturated heterocycles. The molecular formula is C11H14INO. The van der Waals surface area contributed by atoms with Gasteiger partial charge in [-0.05, 0) is 52.3 Å². The van der Waals surface area contributed by atoms with Gasteiger partial charge in [-0.25, -0.2) is 0 Å². The fourth-order valence-electron chi connectivity index (χ4n) is 1.89. The molecular weight excluding hydrogens is 289 g/mol. The topological polar surface area (TPSA) is 23.5 Å². The number of benzene rings is 1. The van der Waals surface area contributed by atoms with Crippen LogP contribution in [0.5, 0.6) is 0 Å². The van der Waals surface area contributed by atoms with Gasteiger partial charge in [0, 0.05) is 29.8 Å². The van der Waals surface area contributed by atoms with Crippen molar-refractivity contribution >= 4 is 22.6 Å². The normalized spacial score (nSPS) is 15.9. The molecule has 0 atom stereocenters. The summed E-state index contributed by atoms with van der Waals surface area (Å²) in [5.41, 5.74) is 2.90. The van der Waals surface area contributed by atoms with E-state index in [1.54, 1.807) is 0 Å². The van der Waals surface area contributed by atoms with E-state index in [2.05, 4.69) is 45.7 Å². The molecule has 3 heteroatoms. The summed E-state index contributed by atoms with van der Waals surface area (Å²) in [6.07, 6.45) is 0.880. The number of aliphatic hydroxyl groups is 1. The first-order valence-electron chi connectivity index (χ1n) is 4.90. The summed E-state index contributed by atoms with van der Waals surface area (Å²) >= 11 is 2.35. The fraction of sp³-hybridized carbons (Fsp3) is 0.455. The minimum Gasteiger partial charge on any atom is -0.396 e. The van der Waals surface area contributed by atoms with Crippen LogP contribution in [0.1, 0.15) is 17.5 Å². The second kappa shape index (κ2) is 4.59. The van der Waals surface area contributed by atoms with E-state index in [-0.39, 0.29) is 0 Å². The molecule has 0 aliphatic carbocycles. The number of nitrogens with zero attached hydrogens (tertiary/aromatic N) is 1. The first-order valence-corrected chi connectivity index (χ1v) is 5.98. The molecule has 0 amide bonds. The zero-order chi connectivity index (χ0) is 9.97. The van der Waals surface area contributed by atoms with Gasteiger partial charge in [0.2, 0.25) is 0 Å². The van der Waals surface area contributed by atoms with Crippen molar-refractivity contribution < 1.29 is 5.11 Å².